The number of rotatable bonds is 4. The van der Waals surface area contributed by atoms with Crippen molar-refractivity contribution in [3.8, 4) is 0 Å². The van der Waals surface area contributed by atoms with Crippen molar-refractivity contribution < 1.29 is 4.79 Å². The fourth-order valence-corrected chi connectivity index (χ4v) is 1.88. The van der Waals surface area contributed by atoms with Gasteiger partial charge in [-0.2, -0.15) is 0 Å². The molecule has 0 unspecified atom stereocenters. The molecular formula is C11H11N3OS. The predicted octanol–water partition coefficient (Wildman–Crippen LogP) is 1.99. The smallest absolute Gasteiger partial charge is 0.151 e. The maximum Gasteiger partial charge on any atom is 0.151 e. The van der Waals surface area contributed by atoms with Crippen molar-refractivity contribution in [1.82, 2.24) is 9.97 Å². The summed E-state index contributed by atoms with van der Waals surface area (Å²) in [6, 6.07) is 3.59. The van der Waals surface area contributed by atoms with E-state index in [-0.39, 0.29) is 0 Å². The van der Waals surface area contributed by atoms with Gasteiger partial charge in [0, 0.05) is 24.2 Å². The van der Waals surface area contributed by atoms with Gasteiger partial charge in [0.25, 0.3) is 0 Å². The Kier molecular flexibility index (Phi) is 3.26. The fourth-order valence-electron chi connectivity index (χ4n) is 1.33. The van der Waals surface area contributed by atoms with Gasteiger partial charge in [0.05, 0.1) is 17.7 Å². The van der Waals surface area contributed by atoms with Crippen LogP contribution in [0.1, 0.15) is 16.1 Å². The summed E-state index contributed by atoms with van der Waals surface area (Å²) in [7, 11) is 1.95. The lowest BCUT2D eigenvalue weighted by Crippen LogP contribution is -2.17. The molecule has 0 radical (unpaired) electrons. The molecule has 0 saturated heterocycles. The number of hydrogen-bond donors (Lipinski definition) is 0. The molecule has 0 aliphatic heterocycles. The maximum absolute atomic E-state index is 10.5. The van der Waals surface area contributed by atoms with E-state index in [4.69, 9.17) is 0 Å². The third-order valence-electron chi connectivity index (χ3n) is 2.18. The minimum absolute atomic E-state index is 0.589. The average Bonchev–Trinajstić information content (AvgIpc) is 2.82. The highest BCUT2D eigenvalue weighted by Gasteiger charge is 2.04. The third-order valence-corrected chi connectivity index (χ3v) is 2.82. The normalized spacial score (nSPS) is 10.1. The SMILES string of the molecule is CN(Cc1cscn1)c1ccc(C=O)cn1. The molecule has 0 aromatic carbocycles. The van der Waals surface area contributed by atoms with Crippen molar-refractivity contribution in [2.24, 2.45) is 0 Å². The molecule has 16 heavy (non-hydrogen) atoms. The van der Waals surface area contributed by atoms with Crippen LogP contribution < -0.4 is 4.90 Å². The molecule has 0 amide bonds. The average molecular weight is 233 g/mol. The highest BCUT2D eigenvalue weighted by atomic mass is 32.1. The molecule has 0 N–H and O–H groups in total. The number of aldehydes is 1. The Bertz CT molecular complexity index is 453. The van der Waals surface area contributed by atoms with Crippen molar-refractivity contribution in [2.75, 3.05) is 11.9 Å². The Balaban J connectivity index is 2.08. The van der Waals surface area contributed by atoms with E-state index >= 15 is 0 Å². The first-order chi connectivity index (χ1) is 7.79. The molecule has 0 spiro atoms. The number of pyridine rings is 1. The van der Waals surface area contributed by atoms with Crippen molar-refractivity contribution >= 4 is 23.4 Å². The summed E-state index contributed by atoms with van der Waals surface area (Å²) in [6.07, 6.45) is 2.36. The molecule has 82 valence electrons. The Morgan fingerprint density at radius 1 is 1.44 bits per heavy atom. The summed E-state index contributed by atoms with van der Waals surface area (Å²) in [5.74, 6) is 0.832. The number of carbonyl (C=O) groups excluding carboxylic acids is 1. The molecule has 4 nitrogen and oxygen atoms in total. The van der Waals surface area contributed by atoms with Crippen LogP contribution in [0.25, 0.3) is 0 Å². The van der Waals surface area contributed by atoms with E-state index in [0.717, 1.165) is 24.3 Å². The van der Waals surface area contributed by atoms with E-state index in [1.807, 2.05) is 28.9 Å². The van der Waals surface area contributed by atoms with E-state index in [9.17, 15) is 4.79 Å². The maximum atomic E-state index is 10.5. The summed E-state index contributed by atoms with van der Waals surface area (Å²) >= 11 is 1.58. The molecule has 0 aliphatic rings. The number of nitrogens with zero attached hydrogens (tertiary/aromatic N) is 3. The number of thiazole rings is 1. The van der Waals surface area contributed by atoms with E-state index < -0.39 is 0 Å². The molecule has 0 saturated carbocycles. The van der Waals surface area contributed by atoms with Crippen LogP contribution in [0, 0.1) is 0 Å². The minimum Gasteiger partial charge on any atom is -0.354 e. The second-order valence-electron chi connectivity index (χ2n) is 3.40. The summed E-state index contributed by atoms with van der Waals surface area (Å²) in [6.45, 7) is 0.719. The van der Waals surface area contributed by atoms with Crippen molar-refractivity contribution in [3.63, 3.8) is 0 Å². The highest BCUT2D eigenvalue weighted by Crippen LogP contribution is 2.12. The summed E-state index contributed by atoms with van der Waals surface area (Å²) < 4.78 is 0. The first kappa shape index (κ1) is 10.8. The number of anilines is 1. The van der Waals surface area contributed by atoms with Crippen LogP contribution in [-0.2, 0) is 6.54 Å². The van der Waals surface area contributed by atoms with Gasteiger partial charge >= 0.3 is 0 Å². The van der Waals surface area contributed by atoms with Gasteiger partial charge in [-0.05, 0) is 12.1 Å². The minimum atomic E-state index is 0.589. The lowest BCUT2D eigenvalue weighted by atomic mass is 10.3. The zero-order chi connectivity index (χ0) is 11.4. The van der Waals surface area contributed by atoms with Gasteiger partial charge in [0.15, 0.2) is 6.29 Å². The van der Waals surface area contributed by atoms with Gasteiger partial charge in [-0.3, -0.25) is 4.79 Å². The van der Waals surface area contributed by atoms with Crippen LogP contribution in [0.3, 0.4) is 0 Å². The quantitative estimate of drug-likeness (QED) is 0.758. The molecule has 2 aromatic rings. The monoisotopic (exact) mass is 233 g/mol. The predicted molar refractivity (Wildman–Crippen MR) is 63.8 cm³/mol. The van der Waals surface area contributed by atoms with Crippen LogP contribution in [0.4, 0.5) is 5.82 Å². The van der Waals surface area contributed by atoms with Gasteiger partial charge in [-0.15, -0.1) is 11.3 Å². The summed E-state index contributed by atoms with van der Waals surface area (Å²) in [4.78, 5) is 20.9. The Morgan fingerprint density at radius 3 is 2.88 bits per heavy atom. The molecule has 0 bridgehead atoms. The van der Waals surface area contributed by atoms with Crippen LogP contribution in [0.15, 0.2) is 29.2 Å². The first-order valence-corrected chi connectivity index (χ1v) is 5.73. The van der Waals surface area contributed by atoms with E-state index in [0.29, 0.717) is 5.56 Å². The van der Waals surface area contributed by atoms with Crippen molar-refractivity contribution in [1.29, 1.82) is 0 Å². The topological polar surface area (TPSA) is 46.1 Å². The van der Waals surface area contributed by atoms with Gasteiger partial charge in [0.2, 0.25) is 0 Å². The molecule has 0 atom stereocenters. The second kappa shape index (κ2) is 4.85. The first-order valence-electron chi connectivity index (χ1n) is 4.79. The van der Waals surface area contributed by atoms with Crippen molar-refractivity contribution in [3.05, 3.63) is 40.5 Å². The lowest BCUT2D eigenvalue weighted by molar-refractivity contribution is 0.112. The number of carbonyl (C=O) groups is 1. The molecular weight excluding hydrogens is 222 g/mol. The van der Waals surface area contributed by atoms with Gasteiger partial charge in [-0.25, -0.2) is 9.97 Å². The standard InChI is InChI=1S/C11H11N3OS/c1-14(5-10-7-16-8-13-10)11-3-2-9(6-15)4-12-11/h2-4,6-8H,5H2,1H3. The van der Waals surface area contributed by atoms with Gasteiger partial charge < -0.3 is 4.90 Å². The van der Waals surface area contributed by atoms with Gasteiger partial charge in [-0.1, -0.05) is 0 Å². The molecule has 2 rings (SSSR count). The fraction of sp³-hybridized carbons (Fsp3) is 0.182. The summed E-state index contributed by atoms with van der Waals surface area (Å²) in [5, 5.41) is 2.01. The molecule has 0 fully saturated rings. The lowest BCUT2D eigenvalue weighted by Gasteiger charge is -2.16. The number of hydrogen-bond acceptors (Lipinski definition) is 5. The van der Waals surface area contributed by atoms with Crippen LogP contribution in [0.5, 0.6) is 0 Å². The van der Waals surface area contributed by atoms with E-state index in [2.05, 4.69) is 9.97 Å². The van der Waals surface area contributed by atoms with Gasteiger partial charge in [0.1, 0.15) is 5.82 Å². The van der Waals surface area contributed by atoms with E-state index in [1.54, 1.807) is 23.6 Å². The van der Waals surface area contributed by atoms with Crippen LogP contribution >= 0.6 is 11.3 Å². The zero-order valence-corrected chi connectivity index (χ0v) is 9.65. The largest absolute Gasteiger partial charge is 0.354 e. The highest BCUT2D eigenvalue weighted by molar-refractivity contribution is 7.07. The number of aromatic nitrogens is 2. The Morgan fingerprint density at radius 2 is 2.31 bits per heavy atom. The molecule has 5 heteroatoms. The van der Waals surface area contributed by atoms with Crippen LogP contribution in [0.2, 0.25) is 0 Å². The zero-order valence-electron chi connectivity index (χ0n) is 8.83. The third kappa shape index (κ3) is 2.43. The molecule has 0 aliphatic carbocycles. The summed E-state index contributed by atoms with van der Waals surface area (Å²) in [5.41, 5.74) is 3.42. The second-order valence-corrected chi connectivity index (χ2v) is 4.12. The van der Waals surface area contributed by atoms with E-state index in [1.165, 1.54) is 0 Å². The Labute approximate surface area is 97.6 Å². The van der Waals surface area contributed by atoms with Crippen molar-refractivity contribution in [2.45, 2.75) is 6.54 Å². The molecule has 2 aromatic heterocycles. The Hall–Kier alpha value is -1.75. The molecule has 2 heterocycles. The van der Waals surface area contributed by atoms with Crippen LogP contribution in [-0.4, -0.2) is 23.3 Å².